The molecule has 0 radical (unpaired) electrons. The molecule has 1 fully saturated rings. The number of esters is 2. The number of aliphatic hydroxyl groups excluding tert-OH is 1. The van der Waals surface area contributed by atoms with Gasteiger partial charge in [0.15, 0.2) is 30.4 Å². The molecular weight excluding hydrogens is 821 g/mol. The van der Waals surface area contributed by atoms with Crippen molar-refractivity contribution < 1.29 is 38.5 Å². The number of rotatable bonds is 18. The third-order valence-electron chi connectivity index (χ3n) is 10.2. The summed E-state index contributed by atoms with van der Waals surface area (Å²) in [6.07, 6.45) is -4.09. The minimum Gasteiger partial charge on any atom is -0.452 e. The maximum Gasteiger partial charge on any atom is 0.356 e. The number of amides is 2. The molecular formula is C48H46N6O8S. The summed E-state index contributed by atoms with van der Waals surface area (Å²) in [6.45, 7) is 3.00. The Morgan fingerprint density at radius 2 is 1.17 bits per heavy atom. The number of aromatic nitrogens is 4. The number of ether oxygens (including phenoxy) is 3. The van der Waals surface area contributed by atoms with Gasteiger partial charge in [-0.05, 0) is 57.7 Å². The highest BCUT2D eigenvalue weighted by molar-refractivity contribution is 7.99. The van der Waals surface area contributed by atoms with Crippen molar-refractivity contribution in [3.63, 3.8) is 0 Å². The molecule has 14 nitrogen and oxygen atoms in total. The maximum absolute atomic E-state index is 14.5. The molecule has 2 heterocycles. The number of benzene rings is 5. The lowest BCUT2D eigenvalue weighted by molar-refractivity contribution is -0.187. The summed E-state index contributed by atoms with van der Waals surface area (Å²) in [5, 5.41) is 25.6. The third-order valence-corrected chi connectivity index (χ3v) is 11.3. The summed E-state index contributed by atoms with van der Waals surface area (Å²) in [6, 6.07) is 43.8. The van der Waals surface area contributed by atoms with Crippen LogP contribution in [0.1, 0.15) is 59.8 Å². The summed E-state index contributed by atoms with van der Waals surface area (Å²) in [4.78, 5) is 58.8. The van der Waals surface area contributed by atoms with E-state index in [9.17, 15) is 24.3 Å². The molecule has 0 aliphatic carbocycles. The summed E-state index contributed by atoms with van der Waals surface area (Å²) in [5.74, 6) is -4.61. The second-order valence-electron chi connectivity index (χ2n) is 14.9. The first-order chi connectivity index (χ1) is 30.6. The molecule has 0 spiro atoms. The molecule has 5 aromatic carbocycles. The van der Waals surface area contributed by atoms with Crippen LogP contribution < -0.4 is 5.32 Å². The lowest BCUT2D eigenvalue weighted by Crippen LogP contribution is -2.72. The zero-order valence-electron chi connectivity index (χ0n) is 34.8. The van der Waals surface area contributed by atoms with Crippen molar-refractivity contribution in [1.29, 1.82) is 0 Å². The minimum atomic E-state index is -1.52. The van der Waals surface area contributed by atoms with E-state index in [2.05, 4.69) is 20.8 Å². The highest BCUT2D eigenvalue weighted by atomic mass is 32.2. The first kappa shape index (κ1) is 44.1. The second kappa shape index (κ2) is 20.8. The van der Waals surface area contributed by atoms with E-state index in [0.29, 0.717) is 38.5 Å². The third kappa shape index (κ3) is 10.6. The molecule has 0 bridgehead atoms. The van der Waals surface area contributed by atoms with Crippen LogP contribution in [0.5, 0.6) is 0 Å². The Morgan fingerprint density at radius 1 is 0.714 bits per heavy atom. The highest BCUT2D eigenvalue weighted by Gasteiger charge is 2.54. The Hall–Kier alpha value is -6.94. The van der Waals surface area contributed by atoms with Crippen molar-refractivity contribution in [3.05, 3.63) is 191 Å². The molecule has 322 valence electrons. The van der Waals surface area contributed by atoms with E-state index in [4.69, 9.17) is 14.2 Å². The predicted octanol–water partition coefficient (Wildman–Crippen LogP) is 6.08. The van der Waals surface area contributed by atoms with Gasteiger partial charge in [0, 0.05) is 12.8 Å². The van der Waals surface area contributed by atoms with E-state index in [1.165, 1.54) is 16.4 Å². The lowest BCUT2D eigenvalue weighted by atomic mass is 9.95. The van der Waals surface area contributed by atoms with Gasteiger partial charge < -0.3 is 24.6 Å². The number of allylic oxidation sites excluding steroid dienone is 1. The van der Waals surface area contributed by atoms with Crippen LogP contribution in [0.25, 0.3) is 0 Å². The van der Waals surface area contributed by atoms with Gasteiger partial charge in [0.2, 0.25) is 11.1 Å². The van der Waals surface area contributed by atoms with E-state index < -0.39 is 60.3 Å². The number of β-lactam (4-membered cyclic amide) rings is 1. The molecule has 1 aliphatic heterocycles. The molecule has 6 aromatic rings. The number of aryl methyl sites for hydroxylation is 1. The van der Waals surface area contributed by atoms with Gasteiger partial charge in [-0.15, -0.1) is 5.10 Å². The molecule has 63 heavy (non-hydrogen) atoms. The van der Waals surface area contributed by atoms with Crippen LogP contribution in [0.3, 0.4) is 0 Å². The van der Waals surface area contributed by atoms with Gasteiger partial charge in [-0.3, -0.25) is 19.3 Å². The molecule has 1 aliphatic rings. The second-order valence-corrected chi connectivity index (χ2v) is 15.9. The Morgan fingerprint density at radius 3 is 1.62 bits per heavy atom. The van der Waals surface area contributed by atoms with Crippen molar-refractivity contribution in [2.75, 3.05) is 12.4 Å². The van der Waals surface area contributed by atoms with Crippen LogP contribution in [0.15, 0.2) is 168 Å². The van der Waals surface area contributed by atoms with Gasteiger partial charge in [0.25, 0.3) is 5.91 Å². The molecule has 1 saturated heterocycles. The number of nitrogens with one attached hydrogen (secondary N) is 1. The summed E-state index contributed by atoms with van der Waals surface area (Å²) >= 11 is 1.19. The van der Waals surface area contributed by atoms with Crippen molar-refractivity contribution in [1.82, 2.24) is 30.4 Å². The predicted molar refractivity (Wildman–Crippen MR) is 233 cm³/mol. The van der Waals surface area contributed by atoms with Gasteiger partial charge in [-0.2, -0.15) is 0 Å². The molecule has 4 atom stereocenters. The Bertz CT molecular complexity index is 2430. The molecule has 1 aromatic heterocycles. The first-order valence-corrected chi connectivity index (χ1v) is 21.2. The maximum atomic E-state index is 14.5. The smallest absolute Gasteiger partial charge is 0.356 e. The van der Waals surface area contributed by atoms with E-state index in [0.717, 1.165) is 4.90 Å². The average molecular weight is 867 g/mol. The van der Waals surface area contributed by atoms with Crippen LogP contribution in [-0.4, -0.2) is 84.7 Å². The minimum absolute atomic E-state index is 0.103. The number of aliphatic hydroxyl groups is 1. The molecule has 2 unspecified atom stereocenters. The zero-order valence-corrected chi connectivity index (χ0v) is 35.6. The number of nitrogens with zero attached hydrogens (tertiary/aromatic N) is 5. The van der Waals surface area contributed by atoms with Crippen LogP contribution in [0.4, 0.5) is 0 Å². The van der Waals surface area contributed by atoms with Crippen molar-refractivity contribution in [2.24, 2.45) is 7.05 Å². The van der Waals surface area contributed by atoms with E-state index in [1.807, 2.05) is 121 Å². The molecule has 0 saturated carbocycles. The summed E-state index contributed by atoms with van der Waals surface area (Å²) in [7, 11) is 1.67. The Kier molecular flexibility index (Phi) is 14.5. The van der Waals surface area contributed by atoms with Gasteiger partial charge in [0.05, 0.1) is 12.7 Å². The number of tetrazole rings is 1. The quantitative estimate of drug-likeness (QED) is 0.0336. The number of carbonyl (C=O) groups excluding carboxylic acids is 4. The summed E-state index contributed by atoms with van der Waals surface area (Å²) in [5.41, 5.74) is 3.45. The molecule has 7 rings (SSSR count). The lowest BCUT2D eigenvalue weighted by Gasteiger charge is -2.47. The topological polar surface area (TPSA) is 175 Å². The number of thioether (sulfide) groups is 1. The fraction of sp³-hybridized carbons (Fsp3) is 0.229. The fourth-order valence-corrected chi connectivity index (χ4v) is 7.87. The van der Waals surface area contributed by atoms with Crippen LogP contribution in [0, 0.1) is 0 Å². The van der Waals surface area contributed by atoms with Crippen LogP contribution in [0.2, 0.25) is 0 Å². The van der Waals surface area contributed by atoms with Crippen LogP contribution in [-0.2, 0) is 40.4 Å². The van der Waals surface area contributed by atoms with Gasteiger partial charge in [0.1, 0.15) is 5.70 Å². The normalized spacial score (nSPS) is 15.6. The van der Waals surface area contributed by atoms with Gasteiger partial charge in [-0.25, -0.2) is 9.48 Å². The van der Waals surface area contributed by atoms with Crippen molar-refractivity contribution in [2.45, 2.75) is 55.5 Å². The Labute approximate surface area is 368 Å². The first-order valence-electron chi connectivity index (χ1n) is 20.2. The number of carbonyl (C=O) groups is 4. The standard InChI is InChI=1S/C48H46N6O8S/c1-31(2)40(47(59)62-42(35-25-15-7-16-26-35)36-27-17-8-18-28-36)54-44(57)39(45(54)60-29-37(55)30-63-48-50-51-52-53(48)3)49-43(56)38(32-19-9-4-10-20-32)46(58)61-41(33-21-11-5-12-22-33)34-23-13-6-14-24-34/h4-28,37-39,41-42,45,55H,29-30H2,1-3H3,(H,49,56)/t37?,38?,39-,45-/m1/s1. The van der Waals surface area contributed by atoms with Crippen molar-refractivity contribution in [3.8, 4) is 0 Å². The molecule has 15 heteroatoms. The van der Waals surface area contributed by atoms with Crippen molar-refractivity contribution >= 4 is 35.5 Å². The largest absolute Gasteiger partial charge is 0.452 e. The SMILES string of the molecule is CC(C)=C(C(=O)OC(c1ccccc1)c1ccccc1)N1C(=O)[C@@H](NC(=O)C(C(=O)OC(c2ccccc2)c2ccccc2)c2ccccc2)[C@H]1OCC(O)CSc1nnnn1C. The highest BCUT2D eigenvalue weighted by Crippen LogP contribution is 2.35. The number of hydrogen-bond donors (Lipinski definition) is 2. The van der Waals surface area contributed by atoms with E-state index >= 15 is 0 Å². The van der Waals surface area contributed by atoms with E-state index in [-0.39, 0.29) is 18.1 Å². The van der Waals surface area contributed by atoms with E-state index in [1.54, 1.807) is 51.2 Å². The monoisotopic (exact) mass is 866 g/mol. The van der Waals surface area contributed by atoms with Gasteiger partial charge >= 0.3 is 11.9 Å². The molecule has 2 amide bonds. The van der Waals surface area contributed by atoms with Crippen LogP contribution >= 0.6 is 11.8 Å². The average Bonchev–Trinajstić information content (AvgIpc) is 3.73. The fourth-order valence-electron chi connectivity index (χ4n) is 7.11. The number of hydrogen-bond acceptors (Lipinski definition) is 12. The summed E-state index contributed by atoms with van der Waals surface area (Å²) < 4.78 is 20.1. The Balaban J connectivity index is 1.17. The molecule has 2 N–H and O–H groups in total. The zero-order chi connectivity index (χ0) is 44.3. The van der Waals surface area contributed by atoms with Gasteiger partial charge in [-0.1, -0.05) is 163 Å². The number of likely N-dealkylation sites (tertiary alicyclic amines) is 1.